The van der Waals surface area contributed by atoms with Crippen molar-refractivity contribution in [3.63, 3.8) is 0 Å². The smallest absolute Gasteiger partial charge is 0.328 e. The molecule has 5 heteroatoms. The first kappa shape index (κ1) is 14.8. The molecule has 1 amide bonds. The topological polar surface area (TPSA) is 75.6 Å². The number of hydrogen-bond acceptors (Lipinski definition) is 4. The number of esters is 1. The van der Waals surface area contributed by atoms with Crippen LogP contribution in [0.3, 0.4) is 0 Å². The van der Waals surface area contributed by atoms with E-state index in [1.165, 1.54) is 19.2 Å². The molecule has 1 aromatic rings. The number of rotatable bonds is 6. The molecule has 0 heterocycles. The molecule has 0 bridgehead atoms. The van der Waals surface area contributed by atoms with Gasteiger partial charge in [-0.15, -0.1) is 6.58 Å². The van der Waals surface area contributed by atoms with Crippen molar-refractivity contribution >= 4 is 11.9 Å². The number of phenols is 1. The summed E-state index contributed by atoms with van der Waals surface area (Å²) in [6.07, 6.45) is 2.66. The molecule has 2 N–H and O–H groups in total. The van der Waals surface area contributed by atoms with E-state index in [4.69, 9.17) is 0 Å². The zero-order chi connectivity index (χ0) is 14.3. The summed E-state index contributed by atoms with van der Waals surface area (Å²) in [6.45, 7) is 3.57. The monoisotopic (exact) mass is 263 g/mol. The maximum atomic E-state index is 11.9. The Bertz CT molecular complexity index is 470. The minimum atomic E-state index is -0.724. The Morgan fingerprint density at radius 1 is 1.53 bits per heavy atom. The number of amides is 1. The second-order valence-corrected chi connectivity index (χ2v) is 3.97. The molecule has 0 spiro atoms. The van der Waals surface area contributed by atoms with Crippen molar-refractivity contribution in [3.8, 4) is 5.75 Å². The highest BCUT2D eigenvalue weighted by atomic mass is 16.5. The first-order chi connectivity index (χ1) is 9.08. The molecule has 0 saturated carbocycles. The Morgan fingerprint density at radius 3 is 2.84 bits per heavy atom. The Kier molecular flexibility index (Phi) is 5.60. The summed E-state index contributed by atoms with van der Waals surface area (Å²) < 4.78 is 4.63. The molecule has 0 radical (unpaired) electrons. The molecule has 19 heavy (non-hydrogen) atoms. The number of methoxy groups -OCH3 is 1. The van der Waals surface area contributed by atoms with Gasteiger partial charge >= 0.3 is 5.97 Å². The van der Waals surface area contributed by atoms with E-state index in [2.05, 4.69) is 16.6 Å². The molecule has 0 saturated heterocycles. The van der Waals surface area contributed by atoms with Gasteiger partial charge in [0.1, 0.15) is 11.8 Å². The Labute approximate surface area is 111 Å². The number of benzene rings is 1. The average Bonchev–Trinajstić information content (AvgIpc) is 2.42. The van der Waals surface area contributed by atoms with Gasteiger partial charge in [0.25, 0.3) is 5.91 Å². The third kappa shape index (κ3) is 4.46. The molecule has 102 valence electrons. The van der Waals surface area contributed by atoms with Crippen molar-refractivity contribution in [1.82, 2.24) is 5.32 Å². The van der Waals surface area contributed by atoms with Gasteiger partial charge in [-0.2, -0.15) is 0 Å². The van der Waals surface area contributed by atoms with Crippen LogP contribution in [0.15, 0.2) is 36.9 Å². The molecular formula is C14H17NO4. The van der Waals surface area contributed by atoms with Crippen LogP contribution in [-0.2, 0) is 9.53 Å². The number of aromatic hydroxyl groups is 1. The highest BCUT2D eigenvalue weighted by Gasteiger charge is 2.21. The van der Waals surface area contributed by atoms with Crippen molar-refractivity contribution < 1.29 is 19.4 Å². The van der Waals surface area contributed by atoms with Gasteiger partial charge in [0.15, 0.2) is 0 Å². The van der Waals surface area contributed by atoms with Gasteiger partial charge in [0.05, 0.1) is 7.11 Å². The van der Waals surface area contributed by atoms with E-state index in [0.717, 1.165) is 0 Å². The normalized spacial score (nSPS) is 11.4. The number of ether oxygens (including phenoxy) is 1. The third-order valence-corrected chi connectivity index (χ3v) is 2.56. The molecule has 0 aliphatic rings. The van der Waals surface area contributed by atoms with Crippen LogP contribution in [0.5, 0.6) is 5.75 Å². The van der Waals surface area contributed by atoms with Crippen LogP contribution in [0, 0.1) is 0 Å². The second-order valence-electron chi connectivity index (χ2n) is 3.97. The molecule has 0 fully saturated rings. The van der Waals surface area contributed by atoms with Crippen LogP contribution >= 0.6 is 0 Å². The highest BCUT2D eigenvalue weighted by molar-refractivity contribution is 5.97. The SMILES string of the molecule is C=CCC[C@H](NC(=O)c1cccc(O)c1)C(=O)OC. The van der Waals surface area contributed by atoms with Crippen molar-refractivity contribution in [2.75, 3.05) is 7.11 Å². The number of hydrogen-bond donors (Lipinski definition) is 2. The van der Waals surface area contributed by atoms with Crippen molar-refractivity contribution in [1.29, 1.82) is 0 Å². The zero-order valence-electron chi connectivity index (χ0n) is 10.8. The molecule has 1 aromatic carbocycles. The van der Waals surface area contributed by atoms with E-state index in [1.807, 2.05) is 0 Å². The lowest BCUT2D eigenvalue weighted by Gasteiger charge is -2.15. The van der Waals surface area contributed by atoms with Crippen molar-refractivity contribution in [3.05, 3.63) is 42.5 Å². The first-order valence-corrected chi connectivity index (χ1v) is 5.87. The zero-order valence-corrected chi connectivity index (χ0v) is 10.8. The Hall–Kier alpha value is -2.30. The predicted molar refractivity (Wildman–Crippen MR) is 70.8 cm³/mol. The number of allylic oxidation sites excluding steroid dienone is 1. The summed E-state index contributed by atoms with van der Waals surface area (Å²) in [7, 11) is 1.27. The summed E-state index contributed by atoms with van der Waals surface area (Å²) in [5, 5.41) is 11.9. The summed E-state index contributed by atoms with van der Waals surface area (Å²) in [5.74, 6) is -0.945. The maximum absolute atomic E-state index is 11.9. The third-order valence-electron chi connectivity index (χ3n) is 2.56. The van der Waals surface area contributed by atoms with Crippen molar-refractivity contribution in [2.24, 2.45) is 0 Å². The number of phenolic OH excluding ortho intramolecular Hbond substituents is 1. The van der Waals surface area contributed by atoms with E-state index in [9.17, 15) is 14.7 Å². The fourth-order valence-corrected chi connectivity index (χ4v) is 1.56. The number of carbonyl (C=O) groups is 2. The van der Waals surface area contributed by atoms with E-state index < -0.39 is 17.9 Å². The van der Waals surface area contributed by atoms with Crippen LogP contribution in [0.1, 0.15) is 23.2 Å². The van der Waals surface area contributed by atoms with E-state index in [-0.39, 0.29) is 11.3 Å². The molecule has 0 aliphatic heterocycles. The molecule has 0 unspecified atom stereocenters. The highest BCUT2D eigenvalue weighted by Crippen LogP contribution is 2.11. The second kappa shape index (κ2) is 7.20. The minimum Gasteiger partial charge on any atom is -0.508 e. The quantitative estimate of drug-likeness (QED) is 0.604. The fraction of sp³-hybridized carbons (Fsp3) is 0.286. The molecule has 0 aliphatic carbocycles. The number of nitrogens with one attached hydrogen (secondary N) is 1. The predicted octanol–water partition coefficient (Wildman–Crippen LogP) is 1.63. The van der Waals surface area contributed by atoms with Gasteiger partial charge in [-0.05, 0) is 31.0 Å². The minimum absolute atomic E-state index is 0.00615. The van der Waals surface area contributed by atoms with Crippen LogP contribution in [0.25, 0.3) is 0 Å². The summed E-state index contributed by atoms with van der Waals surface area (Å²) in [4.78, 5) is 23.5. The largest absolute Gasteiger partial charge is 0.508 e. The maximum Gasteiger partial charge on any atom is 0.328 e. The molecule has 1 rings (SSSR count). The van der Waals surface area contributed by atoms with Crippen LogP contribution in [-0.4, -0.2) is 30.1 Å². The number of carbonyl (C=O) groups excluding carboxylic acids is 2. The van der Waals surface area contributed by atoms with Gasteiger partial charge in [-0.3, -0.25) is 4.79 Å². The van der Waals surface area contributed by atoms with Gasteiger partial charge in [0.2, 0.25) is 0 Å². The fourth-order valence-electron chi connectivity index (χ4n) is 1.56. The van der Waals surface area contributed by atoms with Crippen LogP contribution in [0.4, 0.5) is 0 Å². The first-order valence-electron chi connectivity index (χ1n) is 5.87. The van der Waals surface area contributed by atoms with Crippen molar-refractivity contribution in [2.45, 2.75) is 18.9 Å². The average molecular weight is 263 g/mol. The van der Waals surface area contributed by atoms with Gasteiger partial charge in [-0.25, -0.2) is 4.79 Å². The molecule has 0 aromatic heterocycles. The summed E-state index contributed by atoms with van der Waals surface area (Å²) >= 11 is 0. The van der Waals surface area contributed by atoms with Gasteiger partial charge in [-0.1, -0.05) is 12.1 Å². The Balaban J connectivity index is 2.75. The molecule has 5 nitrogen and oxygen atoms in total. The summed E-state index contributed by atoms with van der Waals surface area (Å²) in [5.41, 5.74) is 0.285. The van der Waals surface area contributed by atoms with E-state index in [0.29, 0.717) is 12.8 Å². The summed E-state index contributed by atoms with van der Waals surface area (Å²) in [6, 6.07) is 5.18. The standard InChI is InChI=1S/C14H17NO4/c1-3-4-8-12(14(18)19-2)15-13(17)10-6-5-7-11(16)9-10/h3,5-7,9,12,16H,1,4,8H2,2H3,(H,15,17)/t12-/m0/s1. The van der Waals surface area contributed by atoms with Crippen LogP contribution in [0.2, 0.25) is 0 Å². The Morgan fingerprint density at radius 2 is 2.26 bits per heavy atom. The molecule has 1 atom stereocenters. The molecular weight excluding hydrogens is 246 g/mol. The lowest BCUT2D eigenvalue weighted by Crippen LogP contribution is -2.41. The van der Waals surface area contributed by atoms with Gasteiger partial charge < -0.3 is 15.2 Å². The van der Waals surface area contributed by atoms with Crippen LogP contribution < -0.4 is 5.32 Å². The van der Waals surface area contributed by atoms with E-state index in [1.54, 1.807) is 18.2 Å². The lowest BCUT2D eigenvalue weighted by atomic mass is 10.1. The lowest BCUT2D eigenvalue weighted by molar-refractivity contribution is -0.143. The van der Waals surface area contributed by atoms with E-state index >= 15 is 0 Å². The van der Waals surface area contributed by atoms with Gasteiger partial charge in [0, 0.05) is 5.56 Å².